The van der Waals surface area contributed by atoms with E-state index in [1.165, 1.54) is 0 Å². The van der Waals surface area contributed by atoms with Crippen molar-refractivity contribution in [1.82, 2.24) is 15.5 Å². The molecular formula is C9H14N4O2. The van der Waals surface area contributed by atoms with Crippen LogP contribution < -0.4 is 10.6 Å². The lowest BCUT2D eigenvalue weighted by Crippen LogP contribution is -2.27. The molecule has 1 amide bonds. The largest absolute Gasteiger partial charge is 0.353 e. The number of anilines is 1. The van der Waals surface area contributed by atoms with Crippen LogP contribution in [0.3, 0.4) is 0 Å². The number of nitrogens with one attached hydrogen (secondary N) is 2. The fourth-order valence-electron chi connectivity index (χ4n) is 1.18. The van der Waals surface area contributed by atoms with E-state index >= 15 is 0 Å². The third kappa shape index (κ3) is 3.23. The van der Waals surface area contributed by atoms with Gasteiger partial charge in [0.05, 0.1) is 0 Å². The fourth-order valence-corrected chi connectivity index (χ4v) is 1.18. The van der Waals surface area contributed by atoms with Gasteiger partial charge in [0.15, 0.2) is 5.82 Å². The summed E-state index contributed by atoms with van der Waals surface area (Å²) in [7, 11) is 0. The first-order valence-corrected chi connectivity index (χ1v) is 5.07. The molecule has 1 fully saturated rings. The summed E-state index contributed by atoms with van der Waals surface area (Å²) >= 11 is 0. The van der Waals surface area contributed by atoms with Crippen LogP contribution in [0.4, 0.5) is 6.01 Å². The standard InChI is InChI=1S/C9H14N4O2/c1-6-11-9(15-13-6)10-5-4-8(14)12-7-2-3-7/h7H,2-5H2,1H3,(H,12,14)(H,10,11,13). The Morgan fingerprint density at radius 1 is 1.60 bits per heavy atom. The van der Waals surface area contributed by atoms with Gasteiger partial charge in [-0.2, -0.15) is 4.98 Å². The van der Waals surface area contributed by atoms with E-state index in [2.05, 4.69) is 20.8 Å². The van der Waals surface area contributed by atoms with Gasteiger partial charge in [0.1, 0.15) is 0 Å². The molecule has 1 aromatic rings. The Balaban J connectivity index is 1.63. The highest BCUT2D eigenvalue weighted by molar-refractivity contribution is 5.77. The van der Waals surface area contributed by atoms with E-state index in [0.717, 1.165) is 12.8 Å². The predicted octanol–water partition coefficient (Wildman–Crippen LogP) is 0.459. The van der Waals surface area contributed by atoms with Crippen molar-refractivity contribution in [3.05, 3.63) is 5.82 Å². The molecule has 1 aromatic heterocycles. The van der Waals surface area contributed by atoms with Crippen LogP contribution in [-0.2, 0) is 4.79 Å². The number of carbonyl (C=O) groups is 1. The summed E-state index contributed by atoms with van der Waals surface area (Å²) in [6, 6.07) is 0.787. The van der Waals surface area contributed by atoms with Crippen LogP contribution in [0.2, 0.25) is 0 Å². The van der Waals surface area contributed by atoms with Crippen molar-refractivity contribution < 1.29 is 9.32 Å². The number of aryl methyl sites for hydroxylation is 1. The molecule has 82 valence electrons. The maximum Gasteiger partial charge on any atom is 0.321 e. The predicted molar refractivity (Wildman–Crippen MR) is 53.3 cm³/mol. The van der Waals surface area contributed by atoms with E-state index in [9.17, 15) is 4.79 Å². The molecule has 2 N–H and O–H groups in total. The lowest BCUT2D eigenvalue weighted by Gasteiger charge is -2.02. The van der Waals surface area contributed by atoms with Gasteiger partial charge >= 0.3 is 6.01 Å². The first kappa shape index (κ1) is 9.95. The maximum absolute atomic E-state index is 11.3. The summed E-state index contributed by atoms with van der Waals surface area (Å²) in [5.41, 5.74) is 0. The Bertz CT molecular complexity index is 346. The third-order valence-corrected chi connectivity index (χ3v) is 2.10. The van der Waals surface area contributed by atoms with E-state index in [1.807, 2.05) is 0 Å². The van der Waals surface area contributed by atoms with Gasteiger partial charge in [0, 0.05) is 19.0 Å². The molecule has 15 heavy (non-hydrogen) atoms. The molecule has 0 atom stereocenters. The summed E-state index contributed by atoms with van der Waals surface area (Å²) in [5.74, 6) is 0.654. The summed E-state index contributed by atoms with van der Waals surface area (Å²) in [4.78, 5) is 15.2. The van der Waals surface area contributed by atoms with Gasteiger partial charge in [0.25, 0.3) is 0 Å². The summed E-state index contributed by atoms with van der Waals surface area (Å²) < 4.78 is 4.84. The van der Waals surface area contributed by atoms with Crippen molar-refractivity contribution >= 4 is 11.9 Å². The summed E-state index contributed by atoms with van der Waals surface area (Å²) in [5, 5.41) is 9.41. The van der Waals surface area contributed by atoms with E-state index < -0.39 is 0 Å². The van der Waals surface area contributed by atoms with Crippen LogP contribution >= 0.6 is 0 Å². The van der Waals surface area contributed by atoms with Crippen molar-refractivity contribution in [3.8, 4) is 0 Å². The van der Waals surface area contributed by atoms with Gasteiger partial charge in [-0.1, -0.05) is 5.16 Å². The van der Waals surface area contributed by atoms with Gasteiger partial charge < -0.3 is 15.2 Å². The van der Waals surface area contributed by atoms with E-state index in [0.29, 0.717) is 30.8 Å². The molecule has 6 heteroatoms. The molecule has 0 unspecified atom stereocenters. The fraction of sp³-hybridized carbons (Fsp3) is 0.667. The first-order valence-electron chi connectivity index (χ1n) is 5.07. The van der Waals surface area contributed by atoms with Crippen LogP contribution in [0.15, 0.2) is 4.52 Å². The van der Waals surface area contributed by atoms with E-state index in [4.69, 9.17) is 4.52 Å². The molecule has 2 rings (SSSR count). The highest BCUT2D eigenvalue weighted by atomic mass is 16.5. The highest BCUT2D eigenvalue weighted by Gasteiger charge is 2.22. The Hall–Kier alpha value is -1.59. The van der Waals surface area contributed by atoms with Crippen molar-refractivity contribution in [2.75, 3.05) is 11.9 Å². The van der Waals surface area contributed by atoms with Gasteiger partial charge in [-0.25, -0.2) is 0 Å². The minimum atomic E-state index is 0.0706. The first-order chi connectivity index (χ1) is 7.24. The van der Waals surface area contributed by atoms with Gasteiger partial charge in [-0.05, 0) is 19.8 Å². The quantitative estimate of drug-likeness (QED) is 0.738. The average Bonchev–Trinajstić information content (AvgIpc) is 2.89. The van der Waals surface area contributed by atoms with Crippen molar-refractivity contribution in [2.45, 2.75) is 32.2 Å². The maximum atomic E-state index is 11.3. The van der Waals surface area contributed by atoms with Crippen LogP contribution in [0, 0.1) is 6.92 Å². The number of hydrogen-bond acceptors (Lipinski definition) is 5. The topological polar surface area (TPSA) is 80.0 Å². The molecular weight excluding hydrogens is 196 g/mol. The van der Waals surface area contributed by atoms with E-state index in [-0.39, 0.29) is 5.91 Å². The zero-order valence-electron chi connectivity index (χ0n) is 8.62. The number of amides is 1. The molecule has 1 saturated carbocycles. The van der Waals surface area contributed by atoms with Crippen LogP contribution in [0.25, 0.3) is 0 Å². The van der Waals surface area contributed by atoms with Crippen molar-refractivity contribution in [3.63, 3.8) is 0 Å². The molecule has 6 nitrogen and oxygen atoms in total. The lowest BCUT2D eigenvalue weighted by atomic mass is 10.4. The van der Waals surface area contributed by atoms with Gasteiger partial charge in [-0.3, -0.25) is 4.79 Å². The molecule has 0 aliphatic heterocycles. The van der Waals surface area contributed by atoms with Crippen molar-refractivity contribution in [2.24, 2.45) is 0 Å². The average molecular weight is 210 g/mol. The zero-order valence-corrected chi connectivity index (χ0v) is 8.62. The molecule has 0 radical (unpaired) electrons. The minimum Gasteiger partial charge on any atom is -0.353 e. The second kappa shape index (κ2) is 4.29. The molecule has 0 bridgehead atoms. The number of aromatic nitrogens is 2. The molecule has 1 aliphatic carbocycles. The minimum absolute atomic E-state index is 0.0706. The smallest absolute Gasteiger partial charge is 0.321 e. The molecule has 1 heterocycles. The monoisotopic (exact) mass is 210 g/mol. The van der Waals surface area contributed by atoms with Crippen LogP contribution in [0.5, 0.6) is 0 Å². The summed E-state index contributed by atoms with van der Waals surface area (Å²) in [6.45, 7) is 2.26. The van der Waals surface area contributed by atoms with Crippen molar-refractivity contribution in [1.29, 1.82) is 0 Å². The molecule has 0 aromatic carbocycles. The van der Waals surface area contributed by atoms with Gasteiger partial charge in [-0.15, -0.1) is 0 Å². The Labute approximate surface area is 87.4 Å². The van der Waals surface area contributed by atoms with E-state index in [1.54, 1.807) is 6.92 Å². The summed E-state index contributed by atoms with van der Waals surface area (Å²) in [6.07, 6.45) is 2.65. The Kier molecular flexibility index (Phi) is 2.84. The zero-order chi connectivity index (χ0) is 10.7. The third-order valence-electron chi connectivity index (χ3n) is 2.10. The van der Waals surface area contributed by atoms with Crippen LogP contribution in [0.1, 0.15) is 25.1 Å². The molecule has 1 aliphatic rings. The molecule has 0 saturated heterocycles. The highest BCUT2D eigenvalue weighted by Crippen LogP contribution is 2.18. The number of rotatable bonds is 5. The van der Waals surface area contributed by atoms with Crippen LogP contribution in [-0.4, -0.2) is 28.6 Å². The van der Waals surface area contributed by atoms with Gasteiger partial charge in [0.2, 0.25) is 5.91 Å². The number of carbonyl (C=O) groups excluding carboxylic acids is 1. The molecule has 0 spiro atoms. The second-order valence-electron chi connectivity index (χ2n) is 3.67. The number of hydrogen-bond donors (Lipinski definition) is 2. The second-order valence-corrected chi connectivity index (χ2v) is 3.67. The SMILES string of the molecule is Cc1noc(NCCC(=O)NC2CC2)n1. The number of nitrogens with zero attached hydrogens (tertiary/aromatic N) is 2. The Morgan fingerprint density at radius 3 is 3.00 bits per heavy atom. The normalized spacial score (nSPS) is 15.0. The lowest BCUT2D eigenvalue weighted by molar-refractivity contribution is -0.120. The Morgan fingerprint density at radius 2 is 2.40 bits per heavy atom.